The van der Waals surface area contributed by atoms with Gasteiger partial charge in [0.2, 0.25) is 11.8 Å². The molecule has 3 fully saturated rings. The molecule has 4 heterocycles. The number of likely N-dealkylation sites (tertiary alicyclic amines) is 1. The number of amides is 2. The van der Waals surface area contributed by atoms with E-state index in [0.29, 0.717) is 61.4 Å². The largest absolute Gasteiger partial charge is 0.388 e. The molecule has 13 nitrogen and oxygen atoms in total. The molecule has 0 atom stereocenters. The molecule has 2 saturated heterocycles. The van der Waals surface area contributed by atoms with Crippen molar-refractivity contribution in [1.29, 1.82) is 0 Å². The van der Waals surface area contributed by atoms with Gasteiger partial charge in [0.25, 0.3) is 5.56 Å². The Morgan fingerprint density at radius 2 is 1.83 bits per heavy atom. The van der Waals surface area contributed by atoms with Crippen LogP contribution in [0.5, 0.6) is 0 Å². The van der Waals surface area contributed by atoms with Crippen molar-refractivity contribution in [1.82, 2.24) is 29.1 Å². The molecule has 0 bridgehead atoms. The third-order valence-electron chi connectivity index (χ3n) is 8.13. The molecule has 0 spiro atoms. The SMILES string of the molecule is O=C(CN1CCS(=O)(=O)CC1)Nc1cccc(-n2ncc3c(=O)n(CC4(O)CCN(C(=O)C5CC5)CC4)cnc32)c1. The summed E-state index contributed by atoms with van der Waals surface area (Å²) in [6.07, 6.45) is 5.53. The zero-order chi connectivity index (χ0) is 28.8. The Labute approximate surface area is 236 Å². The van der Waals surface area contributed by atoms with Gasteiger partial charge < -0.3 is 15.3 Å². The first-order valence-electron chi connectivity index (χ1n) is 13.9. The van der Waals surface area contributed by atoms with Crippen molar-refractivity contribution in [2.45, 2.75) is 37.8 Å². The van der Waals surface area contributed by atoms with Gasteiger partial charge in [-0.25, -0.2) is 18.1 Å². The maximum absolute atomic E-state index is 13.3. The Balaban J connectivity index is 1.13. The average molecular weight is 584 g/mol. The average Bonchev–Trinajstić information content (AvgIpc) is 3.70. The fraction of sp³-hybridized carbons (Fsp3) is 0.519. The number of anilines is 1. The summed E-state index contributed by atoms with van der Waals surface area (Å²) in [5.74, 6) is 0.162. The van der Waals surface area contributed by atoms with Gasteiger partial charge in [0.1, 0.15) is 11.7 Å². The zero-order valence-corrected chi connectivity index (χ0v) is 23.4. The molecule has 0 unspecified atom stereocenters. The van der Waals surface area contributed by atoms with Gasteiger partial charge in [0, 0.05) is 37.8 Å². The fourth-order valence-electron chi connectivity index (χ4n) is 5.48. The van der Waals surface area contributed by atoms with Crippen LogP contribution >= 0.6 is 0 Å². The summed E-state index contributed by atoms with van der Waals surface area (Å²) in [6.45, 7) is 1.77. The summed E-state index contributed by atoms with van der Waals surface area (Å²) in [6, 6.07) is 6.99. The van der Waals surface area contributed by atoms with Crippen LogP contribution in [0, 0.1) is 5.92 Å². The number of sulfone groups is 1. The smallest absolute Gasteiger partial charge is 0.264 e. The lowest BCUT2D eigenvalue weighted by molar-refractivity contribution is -0.137. The van der Waals surface area contributed by atoms with E-state index in [1.807, 2.05) is 9.80 Å². The fourth-order valence-corrected chi connectivity index (χ4v) is 6.76. The van der Waals surface area contributed by atoms with E-state index in [-0.39, 0.29) is 47.9 Å². The van der Waals surface area contributed by atoms with Crippen molar-refractivity contribution in [3.05, 3.63) is 47.1 Å². The lowest BCUT2D eigenvalue weighted by atomic mass is 9.91. The maximum Gasteiger partial charge on any atom is 0.264 e. The second-order valence-corrected chi connectivity index (χ2v) is 13.6. The minimum Gasteiger partial charge on any atom is -0.388 e. The predicted octanol–water partition coefficient (Wildman–Crippen LogP) is 0.0146. The molecule has 3 aromatic rings. The normalized spacial score (nSPS) is 20.7. The summed E-state index contributed by atoms with van der Waals surface area (Å²) in [4.78, 5) is 46.3. The van der Waals surface area contributed by atoms with Crippen LogP contribution in [-0.4, -0.2) is 104 Å². The van der Waals surface area contributed by atoms with Crippen molar-refractivity contribution < 1.29 is 23.1 Å². The minimum absolute atomic E-state index is 0.0517. The van der Waals surface area contributed by atoms with Gasteiger partial charge in [0.05, 0.1) is 42.1 Å². The number of benzene rings is 1. The molecule has 1 aromatic carbocycles. The van der Waals surface area contributed by atoms with Gasteiger partial charge in [-0.3, -0.25) is 23.9 Å². The lowest BCUT2D eigenvalue weighted by Crippen LogP contribution is -2.50. The van der Waals surface area contributed by atoms with Crippen molar-refractivity contribution in [2.75, 3.05) is 49.5 Å². The number of nitrogens with zero attached hydrogens (tertiary/aromatic N) is 6. The Morgan fingerprint density at radius 1 is 1.10 bits per heavy atom. The third kappa shape index (κ3) is 6.04. The van der Waals surface area contributed by atoms with Crippen molar-refractivity contribution >= 4 is 38.4 Å². The summed E-state index contributed by atoms with van der Waals surface area (Å²) in [5.41, 5.74) is 0.0470. The Bertz CT molecular complexity index is 1640. The number of fused-ring (bicyclic) bond motifs is 1. The number of carbonyl (C=O) groups excluding carboxylic acids is 2. The molecule has 218 valence electrons. The molecule has 6 rings (SSSR count). The Hall–Kier alpha value is -3.62. The highest BCUT2D eigenvalue weighted by molar-refractivity contribution is 7.91. The number of hydrogen-bond acceptors (Lipinski definition) is 9. The molecule has 3 aliphatic rings. The summed E-state index contributed by atoms with van der Waals surface area (Å²) < 4.78 is 26.2. The highest BCUT2D eigenvalue weighted by atomic mass is 32.2. The zero-order valence-electron chi connectivity index (χ0n) is 22.6. The van der Waals surface area contributed by atoms with Gasteiger partial charge >= 0.3 is 0 Å². The molecule has 1 aliphatic carbocycles. The molecule has 2 aromatic heterocycles. The van der Waals surface area contributed by atoms with Crippen LogP contribution in [0.1, 0.15) is 25.7 Å². The van der Waals surface area contributed by atoms with Gasteiger partial charge in [-0.1, -0.05) is 6.07 Å². The number of aliphatic hydroxyl groups is 1. The lowest BCUT2D eigenvalue weighted by Gasteiger charge is -2.38. The van der Waals surface area contributed by atoms with E-state index in [0.717, 1.165) is 12.8 Å². The van der Waals surface area contributed by atoms with Crippen molar-refractivity contribution in [3.8, 4) is 5.69 Å². The molecule has 1 saturated carbocycles. The van der Waals surface area contributed by atoms with Crippen LogP contribution in [0.3, 0.4) is 0 Å². The number of aromatic nitrogens is 4. The van der Waals surface area contributed by atoms with Gasteiger partial charge in [-0.05, 0) is 43.9 Å². The number of carbonyl (C=O) groups is 2. The monoisotopic (exact) mass is 583 g/mol. The van der Waals surface area contributed by atoms with E-state index in [9.17, 15) is 27.9 Å². The summed E-state index contributed by atoms with van der Waals surface area (Å²) in [5, 5.41) is 18.7. The predicted molar refractivity (Wildman–Crippen MR) is 150 cm³/mol. The molecule has 0 radical (unpaired) electrons. The molecule has 14 heteroatoms. The van der Waals surface area contributed by atoms with Gasteiger partial charge in [-0.15, -0.1) is 0 Å². The molecule has 2 aliphatic heterocycles. The van der Waals surface area contributed by atoms with E-state index < -0.39 is 15.4 Å². The van der Waals surface area contributed by atoms with Gasteiger partial charge in [-0.2, -0.15) is 5.10 Å². The molecule has 2 N–H and O–H groups in total. The second kappa shape index (κ2) is 10.7. The third-order valence-corrected chi connectivity index (χ3v) is 9.74. The quantitative estimate of drug-likeness (QED) is 0.391. The van der Waals surface area contributed by atoms with Crippen LogP contribution in [-0.2, 0) is 26.0 Å². The first-order valence-corrected chi connectivity index (χ1v) is 15.7. The second-order valence-electron chi connectivity index (χ2n) is 11.3. The maximum atomic E-state index is 13.3. The standard InChI is InChI=1S/C27H33N7O6S/c35-23(16-31-10-12-41(39,40)13-11-31)30-20-2-1-3-21(14-20)34-24-22(15-29-34)26(37)33(18-28-24)17-27(38)6-8-32(9-7-27)25(36)19-4-5-19/h1-3,14-15,18-19,38H,4-13,16-17H2,(H,30,35). The number of piperidine rings is 1. The molecule has 2 amide bonds. The van der Waals surface area contributed by atoms with E-state index >= 15 is 0 Å². The highest BCUT2D eigenvalue weighted by Gasteiger charge is 2.39. The molecular formula is C27H33N7O6S. The number of hydrogen-bond donors (Lipinski definition) is 2. The Kier molecular flexibility index (Phi) is 7.16. The first-order chi connectivity index (χ1) is 19.6. The van der Waals surface area contributed by atoms with Crippen LogP contribution in [0.15, 0.2) is 41.6 Å². The highest BCUT2D eigenvalue weighted by Crippen LogP contribution is 2.33. The Morgan fingerprint density at radius 3 is 2.54 bits per heavy atom. The van der Waals surface area contributed by atoms with Crippen LogP contribution in [0.2, 0.25) is 0 Å². The summed E-state index contributed by atoms with van der Waals surface area (Å²) in [7, 11) is -3.02. The van der Waals surface area contributed by atoms with Crippen molar-refractivity contribution in [3.63, 3.8) is 0 Å². The van der Waals surface area contributed by atoms with Gasteiger partial charge in [0.15, 0.2) is 15.5 Å². The van der Waals surface area contributed by atoms with E-state index in [1.165, 1.54) is 21.8 Å². The minimum atomic E-state index is -3.02. The number of nitrogens with one attached hydrogen (secondary N) is 1. The van der Waals surface area contributed by atoms with Crippen molar-refractivity contribution in [2.24, 2.45) is 5.92 Å². The van der Waals surface area contributed by atoms with E-state index in [2.05, 4.69) is 15.4 Å². The van der Waals surface area contributed by atoms with Crippen LogP contribution in [0.25, 0.3) is 16.7 Å². The van der Waals surface area contributed by atoms with E-state index in [1.54, 1.807) is 24.3 Å². The number of rotatable bonds is 7. The summed E-state index contributed by atoms with van der Waals surface area (Å²) >= 11 is 0. The van der Waals surface area contributed by atoms with Crippen LogP contribution in [0.4, 0.5) is 5.69 Å². The van der Waals surface area contributed by atoms with Crippen LogP contribution < -0.4 is 10.9 Å². The van der Waals surface area contributed by atoms with E-state index in [4.69, 9.17) is 0 Å². The molecule has 41 heavy (non-hydrogen) atoms. The topological polar surface area (TPSA) is 160 Å². The molecular weight excluding hydrogens is 550 g/mol. The first kappa shape index (κ1) is 27.5.